The smallest absolute Gasteiger partial charge is 0.143 e. The molecular weight excluding hydrogens is 1160 g/mol. The van der Waals surface area contributed by atoms with Crippen LogP contribution in [0.5, 0.6) is 0 Å². The van der Waals surface area contributed by atoms with Gasteiger partial charge in [-0.15, -0.1) is 0 Å². The Morgan fingerprint density at radius 1 is 0.156 bits per heavy atom. The Labute approximate surface area is 553 Å². The first kappa shape index (κ1) is 54.0. The number of hydrogen-bond acceptors (Lipinski definition) is 2. The molecule has 0 N–H and O–H groups in total. The molecule has 0 aliphatic carbocycles. The quantitative estimate of drug-likeness (QED) is 0.112. The lowest BCUT2D eigenvalue weighted by Gasteiger charge is -2.20. The second-order valence-electron chi connectivity index (χ2n) is 25.6. The molecule has 0 aliphatic rings. The zero-order valence-electron chi connectivity index (χ0n) is 52.1. The highest BCUT2D eigenvalue weighted by Gasteiger charge is 2.25. The molecule has 2 heteroatoms. The van der Waals surface area contributed by atoms with Crippen molar-refractivity contribution < 1.29 is 8.83 Å². The van der Waals surface area contributed by atoms with Crippen molar-refractivity contribution in [3.8, 4) is 89.0 Å². The Kier molecular flexibility index (Phi) is 12.1. The second-order valence-corrected chi connectivity index (χ2v) is 25.6. The van der Waals surface area contributed by atoms with Gasteiger partial charge in [-0.25, -0.2) is 0 Å². The lowest BCUT2D eigenvalue weighted by atomic mass is 9.83. The van der Waals surface area contributed by atoms with Crippen LogP contribution in [-0.2, 0) is 0 Å². The predicted molar refractivity (Wildman–Crippen MR) is 407 cm³/mol. The van der Waals surface area contributed by atoms with Gasteiger partial charge in [-0.05, 0) is 220 Å². The summed E-state index contributed by atoms with van der Waals surface area (Å²) < 4.78 is 13.8. The summed E-state index contributed by atoms with van der Waals surface area (Å²) in [6, 6.07) is 125. The van der Waals surface area contributed by atoms with Crippen LogP contribution in [0.25, 0.3) is 208 Å². The van der Waals surface area contributed by atoms with Gasteiger partial charge in [-0.1, -0.05) is 279 Å². The van der Waals surface area contributed by atoms with E-state index in [1.807, 2.05) is 0 Å². The maximum absolute atomic E-state index is 7.16. The Balaban J connectivity index is 0.693. The molecule has 20 rings (SSSR count). The van der Waals surface area contributed by atoms with E-state index in [1.54, 1.807) is 0 Å². The molecule has 0 radical (unpaired) electrons. The number of fused-ring (bicyclic) bond motifs is 14. The first-order valence-corrected chi connectivity index (χ1v) is 33.1. The van der Waals surface area contributed by atoms with E-state index in [0.29, 0.717) is 0 Å². The van der Waals surface area contributed by atoms with Crippen LogP contribution >= 0.6 is 0 Å². The molecule has 0 unspecified atom stereocenters. The molecule has 18 aromatic carbocycles. The van der Waals surface area contributed by atoms with Crippen LogP contribution in [0, 0.1) is 0 Å². The maximum Gasteiger partial charge on any atom is 0.143 e. The van der Waals surface area contributed by atoms with Gasteiger partial charge in [0.2, 0.25) is 0 Å². The van der Waals surface area contributed by atoms with Crippen molar-refractivity contribution in [3.63, 3.8) is 0 Å². The number of rotatable bonds is 8. The average Bonchev–Trinajstić information content (AvgIpc) is 1.03. The van der Waals surface area contributed by atoms with Crippen molar-refractivity contribution in [1.29, 1.82) is 0 Å². The van der Waals surface area contributed by atoms with E-state index < -0.39 is 0 Å². The van der Waals surface area contributed by atoms with Crippen LogP contribution in [-0.4, -0.2) is 0 Å². The Morgan fingerprint density at radius 3 is 1.27 bits per heavy atom. The predicted octanol–water partition coefficient (Wildman–Crippen LogP) is 26.9. The average molecular weight is 1220 g/mol. The molecule has 2 aromatic heterocycles. The Bertz CT molecular complexity index is 6510. The molecule has 0 amide bonds. The largest absolute Gasteiger partial charge is 0.456 e. The third-order valence-corrected chi connectivity index (χ3v) is 20.4. The Hall–Kier alpha value is -12.6. The van der Waals surface area contributed by atoms with Gasteiger partial charge in [-0.3, -0.25) is 0 Å². The highest BCUT2D eigenvalue weighted by molar-refractivity contribution is 6.29. The molecule has 20 aromatic rings. The van der Waals surface area contributed by atoms with Crippen LogP contribution in [0.3, 0.4) is 0 Å². The van der Waals surface area contributed by atoms with Gasteiger partial charge in [0.25, 0.3) is 0 Å². The molecule has 96 heavy (non-hydrogen) atoms. The van der Waals surface area contributed by atoms with E-state index in [0.717, 1.165) is 88.4 Å². The van der Waals surface area contributed by atoms with Gasteiger partial charge in [0.05, 0.1) is 0 Å². The van der Waals surface area contributed by atoms with Crippen molar-refractivity contribution >= 4 is 119 Å². The highest BCUT2D eigenvalue weighted by atomic mass is 16.3. The standard InChI is InChI=1S/C94H56O2/c1-3-22-57(23-4-1)62-46-49-86-85(52-62)93-81(42-21-43-87(93)95-86)91-79-39-17-15-37-77(79)90(78-38-16-18-40-80(78)91)72-41-20-29-64-51-61(44-47-68(64)72)59-27-19-28-60(50-59)63-45-48-71-84-55-66(54-82(58-24-5-2-6-25-58)94(84)96-88(71)56-63)89-73-33-11-13-35-75(73)92(76-36-14-12-34-74(76)89)83-53-65-26-7-8-30-67(65)69-31-9-10-32-70(69)83/h1-56H. The minimum Gasteiger partial charge on any atom is -0.456 e. The van der Waals surface area contributed by atoms with E-state index >= 15 is 0 Å². The van der Waals surface area contributed by atoms with Crippen molar-refractivity contribution in [2.75, 3.05) is 0 Å². The summed E-state index contributed by atoms with van der Waals surface area (Å²) in [5.74, 6) is 0. The van der Waals surface area contributed by atoms with Crippen LogP contribution in [0.15, 0.2) is 349 Å². The van der Waals surface area contributed by atoms with Crippen LogP contribution in [0.2, 0.25) is 0 Å². The SMILES string of the molecule is c1ccc(-c2ccc3oc4cccc(-c5c6ccccc6c(-c6cccc7cc(-c8cccc(-c9ccc%10c(c9)oc9c(-c%11ccccc%11)cc(-c%11c%12ccccc%12c(-c%12cc%13ccccc%13c%13ccccc%12%13)c%12ccccc%11%12)cc9%10)c8)ccc67)c6ccccc56)c4c3c2)cc1. The fourth-order valence-corrected chi connectivity index (χ4v) is 16.1. The third-order valence-electron chi connectivity index (χ3n) is 20.4. The summed E-state index contributed by atoms with van der Waals surface area (Å²) in [6.45, 7) is 0. The summed E-state index contributed by atoms with van der Waals surface area (Å²) in [7, 11) is 0. The van der Waals surface area contributed by atoms with Crippen LogP contribution < -0.4 is 0 Å². The van der Waals surface area contributed by atoms with Gasteiger partial charge >= 0.3 is 0 Å². The molecule has 0 bridgehead atoms. The van der Waals surface area contributed by atoms with Gasteiger partial charge in [-0.2, -0.15) is 0 Å². The summed E-state index contributed by atoms with van der Waals surface area (Å²) in [5.41, 5.74) is 22.2. The van der Waals surface area contributed by atoms with Crippen molar-refractivity contribution in [3.05, 3.63) is 340 Å². The number of hydrogen-bond donors (Lipinski definition) is 0. The van der Waals surface area contributed by atoms with Crippen LogP contribution in [0.4, 0.5) is 0 Å². The molecule has 0 aliphatic heterocycles. The van der Waals surface area contributed by atoms with Gasteiger partial charge in [0.15, 0.2) is 0 Å². The lowest BCUT2D eigenvalue weighted by Crippen LogP contribution is -1.93. The number of furan rings is 2. The zero-order chi connectivity index (χ0) is 63.0. The normalized spacial score (nSPS) is 12.0. The molecule has 0 saturated carbocycles. The molecule has 0 saturated heterocycles. The van der Waals surface area contributed by atoms with E-state index in [1.165, 1.54) is 120 Å². The van der Waals surface area contributed by atoms with E-state index in [4.69, 9.17) is 8.83 Å². The fraction of sp³-hybridized carbons (Fsp3) is 0. The van der Waals surface area contributed by atoms with Crippen LogP contribution in [0.1, 0.15) is 0 Å². The molecule has 0 atom stereocenters. The topological polar surface area (TPSA) is 26.3 Å². The first-order chi connectivity index (χ1) is 47.6. The minimum atomic E-state index is 0.853. The third kappa shape index (κ3) is 8.39. The number of benzene rings is 18. The minimum absolute atomic E-state index is 0.853. The highest BCUT2D eigenvalue weighted by Crippen LogP contribution is 2.52. The van der Waals surface area contributed by atoms with E-state index in [2.05, 4.69) is 340 Å². The molecular formula is C94H56O2. The summed E-state index contributed by atoms with van der Waals surface area (Å²) >= 11 is 0. The summed E-state index contributed by atoms with van der Waals surface area (Å²) in [5, 5.41) is 21.5. The summed E-state index contributed by atoms with van der Waals surface area (Å²) in [6.07, 6.45) is 0. The summed E-state index contributed by atoms with van der Waals surface area (Å²) in [4.78, 5) is 0. The first-order valence-electron chi connectivity index (χ1n) is 33.1. The van der Waals surface area contributed by atoms with Crippen molar-refractivity contribution in [1.82, 2.24) is 0 Å². The monoisotopic (exact) mass is 1220 g/mol. The molecule has 0 spiro atoms. The second kappa shape index (κ2) is 21.5. The fourth-order valence-electron chi connectivity index (χ4n) is 16.1. The Morgan fingerprint density at radius 2 is 0.604 bits per heavy atom. The lowest BCUT2D eigenvalue weighted by molar-refractivity contribution is 0.669. The molecule has 444 valence electrons. The zero-order valence-corrected chi connectivity index (χ0v) is 52.1. The molecule has 0 fully saturated rings. The molecule has 2 nitrogen and oxygen atoms in total. The van der Waals surface area contributed by atoms with Gasteiger partial charge < -0.3 is 8.83 Å². The maximum atomic E-state index is 7.16. The van der Waals surface area contributed by atoms with Crippen molar-refractivity contribution in [2.24, 2.45) is 0 Å². The van der Waals surface area contributed by atoms with Gasteiger partial charge in [0, 0.05) is 27.1 Å². The van der Waals surface area contributed by atoms with Crippen molar-refractivity contribution in [2.45, 2.75) is 0 Å². The molecule has 2 heterocycles. The van der Waals surface area contributed by atoms with E-state index in [-0.39, 0.29) is 0 Å². The van der Waals surface area contributed by atoms with Gasteiger partial charge in [0.1, 0.15) is 22.3 Å². The van der Waals surface area contributed by atoms with E-state index in [9.17, 15) is 0 Å².